The van der Waals surface area contributed by atoms with E-state index >= 15 is 0 Å². The second-order valence-corrected chi connectivity index (χ2v) is 7.65. The van der Waals surface area contributed by atoms with E-state index in [1.165, 1.54) is 11.4 Å². The molecule has 0 aromatic carbocycles. The molecule has 1 aromatic heterocycles. The molecule has 0 amide bonds. The van der Waals surface area contributed by atoms with Crippen molar-refractivity contribution in [2.24, 2.45) is 0 Å². The summed E-state index contributed by atoms with van der Waals surface area (Å²) in [4.78, 5) is 10.7. The van der Waals surface area contributed by atoms with Crippen LogP contribution in [0.4, 0.5) is 0 Å². The molecular formula is C11H15NO4S2. The Balaban J connectivity index is 2.22. The van der Waals surface area contributed by atoms with Crippen LogP contribution in [-0.2, 0) is 10.0 Å². The van der Waals surface area contributed by atoms with Crippen molar-refractivity contribution >= 4 is 27.3 Å². The predicted octanol–water partition coefficient (Wildman–Crippen LogP) is 2.06. The molecular weight excluding hydrogens is 274 g/mol. The van der Waals surface area contributed by atoms with Crippen molar-refractivity contribution in [3.8, 4) is 0 Å². The molecule has 0 unspecified atom stereocenters. The summed E-state index contributed by atoms with van der Waals surface area (Å²) in [6, 6.07) is 1.20. The first-order valence-electron chi connectivity index (χ1n) is 5.68. The van der Waals surface area contributed by atoms with Crippen molar-refractivity contribution < 1.29 is 18.3 Å². The quantitative estimate of drug-likeness (QED) is 0.888. The van der Waals surface area contributed by atoms with Crippen LogP contribution in [0.1, 0.15) is 43.0 Å². The Morgan fingerprint density at radius 1 is 1.44 bits per heavy atom. The van der Waals surface area contributed by atoms with Crippen molar-refractivity contribution in [2.45, 2.75) is 42.4 Å². The Hall–Kier alpha value is -0.920. The van der Waals surface area contributed by atoms with Gasteiger partial charge in [0, 0.05) is 10.9 Å². The van der Waals surface area contributed by atoms with Crippen LogP contribution in [0.2, 0.25) is 0 Å². The van der Waals surface area contributed by atoms with Gasteiger partial charge < -0.3 is 5.11 Å². The summed E-state index contributed by atoms with van der Waals surface area (Å²) < 4.78 is 27.0. The van der Waals surface area contributed by atoms with Crippen LogP contribution in [0, 0.1) is 0 Å². The highest BCUT2D eigenvalue weighted by atomic mass is 32.2. The molecule has 18 heavy (non-hydrogen) atoms. The molecule has 1 heterocycles. The van der Waals surface area contributed by atoms with Gasteiger partial charge >= 0.3 is 5.97 Å². The van der Waals surface area contributed by atoms with Gasteiger partial charge in [-0.15, -0.1) is 11.3 Å². The molecule has 100 valence electrons. The van der Waals surface area contributed by atoms with Gasteiger partial charge in [0.1, 0.15) is 4.21 Å². The third-order valence-corrected chi connectivity index (χ3v) is 6.25. The van der Waals surface area contributed by atoms with E-state index in [1.807, 2.05) is 6.92 Å². The van der Waals surface area contributed by atoms with Gasteiger partial charge in [-0.2, -0.15) is 0 Å². The Kier molecular flexibility index (Phi) is 3.48. The molecule has 1 aromatic rings. The van der Waals surface area contributed by atoms with Crippen LogP contribution in [0.5, 0.6) is 0 Å². The third-order valence-electron chi connectivity index (χ3n) is 3.18. The van der Waals surface area contributed by atoms with Gasteiger partial charge in [0.25, 0.3) is 10.0 Å². The van der Waals surface area contributed by atoms with E-state index in [4.69, 9.17) is 5.11 Å². The molecule has 1 saturated carbocycles. The number of carboxylic acid groups (broad SMARTS) is 1. The number of aromatic carboxylic acids is 1. The number of rotatable bonds is 4. The lowest BCUT2D eigenvalue weighted by atomic mass is 10.0. The van der Waals surface area contributed by atoms with Crippen molar-refractivity contribution in [2.75, 3.05) is 0 Å². The lowest BCUT2D eigenvalue weighted by molar-refractivity contribution is 0.0697. The van der Waals surface area contributed by atoms with Crippen LogP contribution in [0.25, 0.3) is 0 Å². The van der Waals surface area contributed by atoms with Crippen molar-refractivity contribution in [3.05, 3.63) is 17.0 Å². The number of hydrogen-bond donors (Lipinski definition) is 2. The van der Waals surface area contributed by atoms with E-state index in [-0.39, 0.29) is 9.77 Å². The fraction of sp³-hybridized carbons (Fsp3) is 0.545. The molecule has 1 aliphatic rings. The van der Waals surface area contributed by atoms with Crippen LogP contribution >= 0.6 is 11.3 Å². The number of carbonyl (C=O) groups is 1. The van der Waals surface area contributed by atoms with Gasteiger partial charge in [-0.05, 0) is 25.8 Å². The fourth-order valence-electron chi connectivity index (χ4n) is 2.20. The van der Waals surface area contributed by atoms with Crippen LogP contribution in [0.15, 0.2) is 15.7 Å². The molecule has 0 radical (unpaired) electrons. The average molecular weight is 289 g/mol. The highest BCUT2D eigenvalue weighted by molar-refractivity contribution is 7.91. The van der Waals surface area contributed by atoms with Crippen molar-refractivity contribution in [3.63, 3.8) is 0 Å². The maximum atomic E-state index is 12.1. The van der Waals surface area contributed by atoms with Crippen LogP contribution in [-0.4, -0.2) is 25.0 Å². The van der Waals surface area contributed by atoms with E-state index in [2.05, 4.69) is 4.72 Å². The van der Waals surface area contributed by atoms with Gasteiger partial charge in [-0.3, -0.25) is 0 Å². The second kappa shape index (κ2) is 4.64. The molecule has 2 rings (SSSR count). The third kappa shape index (κ3) is 2.73. The van der Waals surface area contributed by atoms with E-state index in [0.29, 0.717) is 0 Å². The Labute approximate surface area is 110 Å². The molecule has 2 N–H and O–H groups in total. The smallest absolute Gasteiger partial charge is 0.336 e. The minimum Gasteiger partial charge on any atom is -0.478 e. The minimum atomic E-state index is -3.61. The summed E-state index contributed by atoms with van der Waals surface area (Å²) in [7, 11) is -3.61. The van der Waals surface area contributed by atoms with Gasteiger partial charge in [-0.25, -0.2) is 17.9 Å². The zero-order valence-electron chi connectivity index (χ0n) is 9.97. The number of carboxylic acids is 1. The van der Waals surface area contributed by atoms with Gasteiger partial charge in [0.15, 0.2) is 0 Å². The van der Waals surface area contributed by atoms with Crippen molar-refractivity contribution in [1.29, 1.82) is 0 Å². The zero-order valence-corrected chi connectivity index (χ0v) is 11.6. The first-order valence-corrected chi connectivity index (χ1v) is 8.05. The zero-order chi connectivity index (χ0) is 13.4. The molecule has 0 aliphatic heterocycles. The summed E-state index contributed by atoms with van der Waals surface area (Å²) in [5.41, 5.74) is -0.386. The van der Waals surface area contributed by atoms with Crippen LogP contribution < -0.4 is 4.72 Å². The summed E-state index contributed by atoms with van der Waals surface area (Å²) >= 11 is 0.936. The highest BCUT2D eigenvalue weighted by Gasteiger charge is 2.34. The predicted molar refractivity (Wildman–Crippen MR) is 68.5 cm³/mol. The van der Waals surface area contributed by atoms with E-state index in [9.17, 15) is 13.2 Å². The fourth-order valence-corrected chi connectivity index (χ4v) is 4.82. The van der Waals surface area contributed by atoms with Gasteiger partial charge in [-0.1, -0.05) is 12.8 Å². The van der Waals surface area contributed by atoms with Gasteiger partial charge in [0.2, 0.25) is 0 Å². The monoisotopic (exact) mass is 289 g/mol. The molecule has 0 atom stereocenters. The standard InChI is InChI=1S/C11H15NO4S2/c1-11(4-2-3-5-11)12-18(15,16)9-6-8(7-17-9)10(13)14/h6-7,12H,2-5H2,1H3,(H,13,14). The Morgan fingerprint density at radius 3 is 2.56 bits per heavy atom. The number of nitrogens with one attached hydrogen (secondary N) is 1. The lowest BCUT2D eigenvalue weighted by Crippen LogP contribution is -2.43. The number of sulfonamides is 1. The molecule has 1 fully saturated rings. The average Bonchev–Trinajstić information content (AvgIpc) is 2.85. The highest BCUT2D eigenvalue weighted by Crippen LogP contribution is 2.31. The van der Waals surface area contributed by atoms with Crippen molar-refractivity contribution in [1.82, 2.24) is 4.72 Å². The molecule has 0 bridgehead atoms. The lowest BCUT2D eigenvalue weighted by Gasteiger charge is -2.24. The first kappa shape index (κ1) is 13.5. The Morgan fingerprint density at radius 2 is 2.06 bits per heavy atom. The van der Waals surface area contributed by atoms with E-state index in [1.54, 1.807) is 0 Å². The SMILES string of the molecule is CC1(NS(=O)(=O)c2cc(C(=O)O)cs2)CCCC1. The largest absolute Gasteiger partial charge is 0.478 e. The summed E-state index contributed by atoms with van der Waals surface area (Å²) in [6.07, 6.45) is 3.68. The van der Waals surface area contributed by atoms with Crippen LogP contribution in [0.3, 0.4) is 0 Å². The normalized spacial score (nSPS) is 18.9. The molecule has 0 spiro atoms. The number of hydrogen-bond acceptors (Lipinski definition) is 4. The minimum absolute atomic E-state index is 0.0111. The molecule has 7 heteroatoms. The summed E-state index contributed by atoms with van der Waals surface area (Å²) in [5, 5.41) is 10.1. The second-order valence-electron chi connectivity index (χ2n) is 4.83. The maximum absolute atomic E-state index is 12.1. The van der Waals surface area contributed by atoms with Gasteiger partial charge in [0.05, 0.1) is 5.56 Å². The summed E-state index contributed by atoms with van der Waals surface area (Å²) in [6.45, 7) is 1.89. The Bertz CT molecular complexity index is 555. The first-order chi connectivity index (χ1) is 8.32. The van der Waals surface area contributed by atoms with E-state index in [0.717, 1.165) is 37.0 Å². The summed E-state index contributed by atoms with van der Waals surface area (Å²) in [5.74, 6) is -1.11. The topological polar surface area (TPSA) is 83.5 Å². The molecule has 0 saturated heterocycles. The molecule has 1 aliphatic carbocycles. The van der Waals surface area contributed by atoms with E-state index < -0.39 is 21.5 Å². The number of thiophene rings is 1. The maximum Gasteiger partial charge on any atom is 0.336 e. The molecule has 5 nitrogen and oxygen atoms in total.